The molecule has 1 unspecified atom stereocenters. The van der Waals surface area contributed by atoms with E-state index in [2.05, 4.69) is 22.8 Å². The second kappa shape index (κ2) is 7.49. The Balaban J connectivity index is 1.58. The van der Waals surface area contributed by atoms with E-state index in [1.807, 2.05) is 42.5 Å². The van der Waals surface area contributed by atoms with Crippen LogP contribution in [0.25, 0.3) is 0 Å². The van der Waals surface area contributed by atoms with Crippen molar-refractivity contribution < 1.29 is 14.7 Å². The van der Waals surface area contributed by atoms with Crippen molar-refractivity contribution >= 4 is 11.9 Å². The molecule has 0 saturated carbocycles. The second-order valence-electron chi connectivity index (χ2n) is 6.48. The lowest BCUT2D eigenvalue weighted by molar-refractivity contribution is -0.154. The van der Waals surface area contributed by atoms with Crippen LogP contribution < -0.4 is 10.6 Å². The Hall–Kier alpha value is -2.66. The van der Waals surface area contributed by atoms with Gasteiger partial charge >= 0.3 is 5.97 Å². The van der Waals surface area contributed by atoms with Crippen LogP contribution in [0.4, 0.5) is 0 Å². The SMILES string of the molecule is O=C(O)C1(C(=O)NCc2ccc(Cc3ccccc3)cc2)CCNC1. The van der Waals surface area contributed by atoms with Gasteiger partial charge in [0.25, 0.3) is 0 Å². The number of amides is 1. The number of hydrogen-bond acceptors (Lipinski definition) is 3. The smallest absolute Gasteiger partial charge is 0.320 e. The van der Waals surface area contributed by atoms with Gasteiger partial charge in [0.15, 0.2) is 5.41 Å². The summed E-state index contributed by atoms with van der Waals surface area (Å²) in [6, 6.07) is 18.3. The van der Waals surface area contributed by atoms with Crippen molar-refractivity contribution in [2.24, 2.45) is 5.41 Å². The number of rotatable bonds is 6. The topological polar surface area (TPSA) is 78.4 Å². The Morgan fingerprint density at radius 3 is 2.24 bits per heavy atom. The van der Waals surface area contributed by atoms with E-state index in [1.165, 1.54) is 11.1 Å². The summed E-state index contributed by atoms with van der Waals surface area (Å²) in [7, 11) is 0. The van der Waals surface area contributed by atoms with Crippen molar-refractivity contribution in [1.29, 1.82) is 0 Å². The highest BCUT2D eigenvalue weighted by Gasteiger charge is 2.48. The number of carboxylic acid groups (broad SMARTS) is 1. The van der Waals surface area contributed by atoms with E-state index < -0.39 is 17.3 Å². The first-order valence-corrected chi connectivity index (χ1v) is 8.44. The predicted octanol–water partition coefficient (Wildman–Crippen LogP) is 1.96. The summed E-state index contributed by atoms with van der Waals surface area (Å²) in [6.07, 6.45) is 1.19. The zero-order chi connectivity index (χ0) is 17.7. The molecule has 5 nitrogen and oxygen atoms in total. The number of nitrogens with one attached hydrogen (secondary N) is 2. The normalized spacial score (nSPS) is 19.5. The van der Waals surface area contributed by atoms with E-state index in [0.29, 0.717) is 19.5 Å². The van der Waals surface area contributed by atoms with Gasteiger partial charge in [0.2, 0.25) is 5.91 Å². The van der Waals surface area contributed by atoms with Gasteiger partial charge in [0.1, 0.15) is 0 Å². The minimum absolute atomic E-state index is 0.185. The molecule has 130 valence electrons. The van der Waals surface area contributed by atoms with E-state index in [-0.39, 0.29) is 6.54 Å². The maximum absolute atomic E-state index is 12.4. The predicted molar refractivity (Wildman–Crippen MR) is 95.1 cm³/mol. The van der Waals surface area contributed by atoms with Crippen LogP contribution in [0.1, 0.15) is 23.1 Å². The molecule has 2 aromatic carbocycles. The van der Waals surface area contributed by atoms with Gasteiger partial charge < -0.3 is 15.7 Å². The Morgan fingerprint density at radius 1 is 1.00 bits per heavy atom. The number of benzene rings is 2. The monoisotopic (exact) mass is 338 g/mol. The molecular weight excluding hydrogens is 316 g/mol. The van der Waals surface area contributed by atoms with E-state index in [9.17, 15) is 14.7 Å². The third kappa shape index (κ3) is 3.88. The third-order valence-corrected chi connectivity index (χ3v) is 4.73. The van der Waals surface area contributed by atoms with Crippen molar-refractivity contribution in [2.45, 2.75) is 19.4 Å². The van der Waals surface area contributed by atoms with Crippen LogP contribution in [0.3, 0.4) is 0 Å². The van der Waals surface area contributed by atoms with Crippen molar-refractivity contribution in [1.82, 2.24) is 10.6 Å². The Kier molecular flexibility index (Phi) is 5.14. The molecule has 3 rings (SSSR count). The van der Waals surface area contributed by atoms with Crippen molar-refractivity contribution in [3.05, 3.63) is 71.3 Å². The third-order valence-electron chi connectivity index (χ3n) is 4.73. The Morgan fingerprint density at radius 2 is 1.64 bits per heavy atom. The molecule has 1 saturated heterocycles. The molecular formula is C20H22N2O3. The quantitative estimate of drug-likeness (QED) is 0.704. The molecule has 1 heterocycles. The largest absolute Gasteiger partial charge is 0.480 e. The van der Waals surface area contributed by atoms with Gasteiger partial charge in [-0.2, -0.15) is 0 Å². The standard InChI is InChI=1S/C20H22N2O3/c23-18(20(19(24)25)10-11-21-14-20)22-13-17-8-6-16(7-9-17)12-15-4-2-1-3-5-15/h1-9,21H,10-14H2,(H,22,23)(H,24,25). The van der Waals surface area contributed by atoms with E-state index in [0.717, 1.165) is 12.0 Å². The van der Waals surface area contributed by atoms with Gasteiger partial charge in [-0.25, -0.2) is 0 Å². The molecule has 25 heavy (non-hydrogen) atoms. The summed E-state index contributed by atoms with van der Waals surface area (Å²) in [5.74, 6) is -1.48. The summed E-state index contributed by atoms with van der Waals surface area (Å²) < 4.78 is 0. The molecule has 2 aromatic rings. The number of carboxylic acids is 1. The maximum atomic E-state index is 12.4. The fraction of sp³-hybridized carbons (Fsp3) is 0.300. The average Bonchev–Trinajstić information content (AvgIpc) is 3.13. The van der Waals surface area contributed by atoms with Crippen molar-refractivity contribution in [2.75, 3.05) is 13.1 Å². The average molecular weight is 338 g/mol. The molecule has 0 aromatic heterocycles. The summed E-state index contributed by atoms with van der Waals surface area (Å²) in [6.45, 7) is 1.07. The van der Waals surface area contributed by atoms with Gasteiger partial charge in [-0.3, -0.25) is 9.59 Å². The van der Waals surface area contributed by atoms with E-state index in [4.69, 9.17) is 0 Å². The first-order valence-electron chi connectivity index (χ1n) is 8.44. The van der Waals surface area contributed by atoms with Crippen LogP contribution in [0.15, 0.2) is 54.6 Å². The molecule has 1 fully saturated rings. The molecule has 0 spiro atoms. The molecule has 1 atom stereocenters. The van der Waals surface area contributed by atoms with Crippen LogP contribution >= 0.6 is 0 Å². The molecule has 1 aliphatic heterocycles. The fourth-order valence-electron chi connectivity index (χ4n) is 3.12. The number of hydrogen-bond donors (Lipinski definition) is 3. The summed E-state index contributed by atoms with van der Waals surface area (Å²) in [5.41, 5.74) is 2.06. The number of carbonyl (C=O) groups excluding carboxylic acids is 1. The molecule has 0 radical (unpaired) electrons. The van der Waals surface area contributed by atoms with Gasteiger partial charge in [0, 0.05) is 13.1 Å². The molecule has 5 heteroatoms. The summed E-state index contributed by atoms with van der Waals surface area (Å²) in [5, 5.41) is 15.1. The zero-order valence-corrected chi connectivity index (χ0v) is 14.0. The molecule has 3 N–H and O–H groups in total. The van der Waals surface area contributed by atoms with Crippen LogP contribution in [0.2, 0.25) is 0 Å². The minimum atomic E-state index is -1.34. The van der Waals surface area contributed by atoms with E-state index in [1.54, 1.807) is 0 Å². The highest BCUT2D eigenvalue weighted by atomic mass is 16.4. The lowest BCUT2D eigenvalue weighted by Crippen LogP contribution is -2.47. The molecule has 0 bridgehead atoms. The summed E-state index contributed by atoms with van der Waals surface area (Å²) >= 11 is 0. The van der Waals surface area contributed by atoms with Crippen molar-refractivity contribution in [3.8, 4) is 0 Å². The lowest BCUT2D eigenvalue weighted by atomic mass is 9.86. The summed E-state index contributed by atoms with van der Waals surface area (Å²) in [4.78, 5) is 23.9. The van der Waals surface area contributed by atoms with Crippen LogP contribution in [0, 0.1) is 5.41 Å². The van der Waals surface area contributed by atoms with Gasteiger partial charge in [-0.15, -0.1) is 0 Å². The fourth-order valence-corrected chi connectivity index (χ4v) is 3.12. The highest BCUT2D eigenvalue weighted by molar-refractivity contribution is 6.02. The highest BCUT2D eigenvalue weighted by Crippen LogP contribution is 2.26. The molecule has 0 aliphatic carbocycles. The van der Waals surface area contributed by atoms with Crippen LogP contribution in [0.5, 0.6) is 0 Å². The first kappa shape index (κ1) is 17.2. The van der Waals surface area contributed by atoms with Gasteiger partial charge in [0.05, 0.1) is 0 Å². The molecule has 1 amide bonds. The van der Waals surface area contributed by atoms with Crippen LogP contribution in [-0.2, 0) is 22.6 Å². The van der Waals surface area contributed by atoms with Gasteiger partial charge in [-0.05, 0) is 36.1 Å². The van der Waals surface area contributed by atoms with Gasteiger partial charge in [-0.1, -0.05) is 54.6 Å². The zero-order valence-electron chi connectivity index (χ0n) is 14.0. The van der Waals surface area contributed by atoms with Crippen LogP contribution in [-0.4, -0.2) is 30.1 Å². The number of aliphatic carboxylic acids is 1. The number of carbonyl (C=O) groups is 2. The lowest BCUT2D eigenvalue weighted by Gasteiger charge is -2.21. The maximum Gasteiger partial charge on any atom is 0.320 e. The Bertz CT molecular complexity index is 735. The second-order valence-corrected chi connectivity index (χ2v) is 6.48. The minimum Gasteiger partial charge on any atom is -0.480 e. The Labute approximate surface area is 147 Å². The van der Waals surface area contributed by atoms with E-state index >= 15 is 0 Å². The first-order chi connectivity index (χ1) is 12.1. The molecule has 1 aliphatic rings. The van der Waals surface area contributed by atoms with Crippen molar-refractivity contribution in [3.63, 3.8) is 0 Å².